The fourth-order valence-electron chi connectivity index (χ4n) is 9.30. The highest BCUT2D eigenvalue weighted by Gasteiger charge is 2.23. The van der Waals surface area contributed by atoms with Crippen molar-refractivity contribution in [2.45, 2.75) is 0 Å². The van der Waals surface area contributed by atoms with Crippen LogP contribution in [0.4, 0.5) is 17.1 Å². The third kappa shape index (κ3) is 6.56. The Labute approximate surface area is 362 Å². The summed E-state index contributed by atoms with van der Waals surface area (Å²) in [4.78, 5) is 2.47. The molecule has 1 aromatic heterocycles. The second-order valence-electron chi connectivity index (χ2n) is 15.6. The van der Waals surface area contributed by atoms with E-state index in [1.807, 2.05) is 0 Å². The average Bonchev–Trinajstić information content (AvgIpc) is 3.70. The van der Waals surface area contributed by atoms with Crippen LogP contribution >= 0.6 is 0 Å². The fourth-order valence-corrected chi connectivity index (χ4v) is 9.30. The molecule has 0 saturated carbocycles. The van der Waals surface area contributed by atoms with Gasteiger partial charge in [0.2, 0.25) is 0 Å². The van der Waals surface area contributed by atoms with E-state index < -0.39 is 0 Å². The van der Waals surface area contributed by atoms with Crippen LogP contribution in [0.15, 0.2) is 255 Å². The number of fused-ring (bicyclic) bond motifs is 3. The van der Waals surface area contributed by atoms with E-state index in [-0.39, 0.29) is 0 Å². The summed E-state index contributed by atoms with van der Waals surface area (Å²) in [5.74, 6) is 0. The van der Waals surface area contributed by atoms with Crippen LogP contribution in [0.2, 0.25) is 0 Å². The lowest BCUT2D eigenvalue weighted by molar-refractivity contribution is 1.18. The van der Waals surface area contributed by atoms with Gasteiger partial charge in [-0.15, -0.1) is 0 Å². The van der Waals surface area contributed by atoms with E-state index in [2.05, 4.69) is 264 Å². The lowest BCUT2D eigenvalue weighted by Gasteiger charge is -2.30. The number of benzene rings is 10. The van der Waals surface area contributed by atoms with Crippen molar-refractivity contribution in [3.8, 4) is 61.3 Å². The van der Waals surface area contributed by atoms with Crippen LogP contribution in [0.5, 0.6) is 0 Å². The summed E-state index contributed by atoms with van der Waals surface area (Å²) in [7, 11) is 0. The lowest BCUT2D eigenvalue weighted by Crippen LogP contribution is -2.12. The summed E-state index contributed by atoms with van der Waals surface area (Å²) >= 11 is 0. The van der Waals surface area contributed by atoms with E-state index in [0.717, 1.165) is 45.0 Å². The maximum atomic E-state index is 2.47. The van der Waals surface area contributed by atoms with Crippen molar-refractivity contribution in [3.05, 3.63) is 255 Å². The van der Waals surface area contributed by atoms with Gasteiger partial charge in [-0.05, 0) is 93.0 Å². The summed E-state index contributed by atoms with van der Waals surface area (Å²) in [6, 6.07) is 92.1. The van der Waals surface area contributed by atoms with Gasteiger partial charge in [0.25, 0.3) is 0 Å². The Morgan fingerprint density at radius 1 is 0.274 bits per heavy atom. The van der Waals surface area contributed by atoms with Crippen molar-refractivity contribution >= 4 is 38.9 Å². The number of nitrogens with zero attached hydrogens (tertiary/aromatic N) is 2. The van der Waals surface area contributed by atoms with E-state index in [0.29, 0.717) is 0 Å². The average molecular weight is 791 g/mol. The minimum absolute atomic E-state index is 1.07. The molecule has 0 aliphatic rings. The van der Waals surface area contributed by atoms with Crippen LogP contribution in [-0.4, -0.2) is 4.57 Å². The minimum Gasteiger partial charge on any atom is -0.309 e. The lowest BCUT2D eigenvalue weighted by atomic mass is 9.88. The van der Waals surface area contributed by atoms with Gasteiger partial charge in [0.1, 0.15) is 0 Å². The van der Waals surface area contributed by atoms with Crippen molar-refractivity contribution < 1.29 is 0 Å². The van der Waals surface area contributed by atoms with E-state index in [1.165, 1.54) is 55.2 Å². The highest BCUT2D eigenvalue weighted by molar-refractivity contribution is 6.16. The molecule has 0 amide bonds. The second kappa shape index (κ2) is 16.1. The third-order valence-corrected chi connectivity index (χ3v) is 12.0. The quantitative estimate of drug-likeness (QED) is 0.141. The van der Waals surface area contributed by atoms with Crippen molar-refractivity contribution in [1.29, 1.82) is 0 Å². The van der Waals surface area contributed by atoms with Crippen LogP contribution in [-0.2, 0) is 0 Å². The molecule has 0 N–H and O–H groups in total. The third-order valence-electron chi connectivity index (χ3n) is 12.0. The van der Waals surface area contributed by atoms with Gasteiger partial charge in [-0.1, -0.05) is 206 Å². The zero-order valence-corrected chi connectivity index (χ0v) is 34.1. The Balaban J connectivity index is 1.14. The maximum Gasteiger partial charge on any atom is 0.0547 e. The SMILES string of the molecule is c1ccc(-c2ccccc2-c2ccccc2-c2ccccc2N(c2cccc(-c3cccc4c3c3ccccc3n4-c3ccccc3)c2)c2ccccc2-c2ccccc2)cc1. The normalized spacial score (nSPS) is 11.2. The molecule has 292 valence electrons. The van der Waals surface area contributed by atoms with Gasteiger partial charge in [-0.3, -0.25) is 0 Å². The van der Waals surface area contributed by atoms with Crippen LogP contribution in [0.3, 0.4) is 0 Å². The Hall–Kier alpha value is -8.20. The smallest absolute Gasteiger partial charge is 0.0547 e. The zero-order valence-electron chi connectivity index (χ0n) is 34.1. The molecule has 2 heteroatoms. The Morgan fingerprint density at radius 2 is 0.710 bits per heavy atom. The molecule has 0 aliphatic heterocycles. The van der Waals surface area contributed by atoms with Crippen LogP contribution in [0, 0.1) is 0 Å². The van der Waals surface area contributed by atoms with Crippen molar-refractivity contribution in [1.82, 2.24) is 4.57 Å². The molecule has 62 heavy (non-hydrogen) atoms. The zero-order chi connectivity index (χ0) is 41.2. The Bertz CT molecular complexity index is 3350. The molecule has 0 fully saturated rings. The van der Waals surface area contributed by atoms with E-state index in [1.54, 1.807) is 0 Å². The minimum atomic E-state index is 1.07. The maximum absolute atomic E-state index is 2.47. The molecule has 0 atom stereocenters. The fraction of sp³-hybridized carbons (Fsp3) is 0. The number of hydrogen-bond donors (Lipinski definition) is 0. The van der Waals surface area contributed by atoms with E-state index in [4.69, 9.17) is 0 Å². The molecule has 0 bridgehead atoms. The molecule has 0 saturated heterocycles. The number of rotatable bonds is 9. The standard InChI is InChI=1S/C60H42N2/c1-4-22-43(23-5-1)48-30-10-11-32-51(48)52-33-12-13-34-53(52)54-35-15-18-39-57(54)62(56-38-17-14-31-49(56)44-24-6-2-7-25-44)47-29-20-26-45(42-47)50-37-21-41-59-60(50)55-36-16-19-40-58(55)61(59)46-27-8-3-9-28-46/h1-42H. The van der Waals surface area contributed by atoms with Gasteiger partial charge >= 0.3 is 0 Å². The number of hydrogen-bond acceptors (Lipinski definition) is 1. The largest absolute Gasteiger partial charge is 0.309 e. The molecule has 10 aromatic carbocycles. The summed E-state index contributed by atoms with van der Waals surface area (Å²) < 4.78 is 2.39. The Morgan fingerprint density at radius 3 is 1.40 bits per heavy atom. The molecule has 0 spiro atoms. The number of aromatic nitrogens is 1. The monoisotopic (exact) mass is 790 g/mol. The van der Waals surface area contributed by atoms with Gasteiger partial charge in [-0.25, -0.2) is 0 Å². The van der Waals surface area contributed by atoms with E-state index >= 15 is 0 Å². The van der Waals surface area contributed by atoms with Gasteiger partial charge in [-0.2, -0.15) is 0 Å². The van der Waals surface area contributed by atoms with Gasteiger partial charge in [0, 0.05) is 33.3 Å². The van der Waals surface area contributed by atoms with Crippen molar-refractivity contribution in [3.63, 3.8) is 0 Å². The van der Waals surface area contributed by atoms with Crippen molar-refractivity contribution in [2.75, 3.05) is 4.90 Å². The first-order valence-corrected chi connectivity index (χ1v) is 21.3. The second-order valence-corrected chi connectivity index (χ2v) is 15.6. The summed E-state index contributed by atoms with van der Waals surface area (Å²) in [5.41, 5.74) is 18.6. The summed E-state index contributed by atoms with van der Waals surface area (Å²) in [6.07, 6.45) is 0. The topological polar surface area (TPSA) is 8.17 Å². The molecule has 0 unspecified atom stereocenters. The molecule has 11 rings (SSSR count). The van der Waals surface area contributed by atoms with Gasteiger partial charge < -0.3 is 9.47 Å². The van der Waals surface area contributed by atoms with Gasteiger partial charge in [0.05, 0.1) is 22.4 Å². The number of para-hydroxylation sites is 4. The first-order valence-electron chi connectivity index (χ1n) is 21.3. The predicted octanol–water partition coefficient (Wildman–Crippen LogP) is 16.6. The van der Waals surface area contributed by atoms with Crippen LogP contribution in [0.1, 0.15) is 0 Å². The molecule has 0 aliphatic carbocycles. The molecular weight excluding hydrogens is 749 g/mol. The van der Waals surface area contributed by atoms with Crippen LogP contribution in [0.25, 0.3) is 83.1 Å². The molecular formula is C60H42N2. The molecule has 1 heterocycles. The molecule has 0 radical (unpaired) electrons. The summed E-state index contributed by atoms with van der Waals surface area (Å²) in [6.45, 7) is 0. The highest BCUT2D eigenvalue weighted by atomic mass is 15.1. The van der Waals surface area contributed by atoms with E-state index in [9.17, 15) is 0 Å². The predicted molar refractivity (Wildman–Crippen MR) is 263 cm³/mol. The molecule has 11 aromatic rings. The Kier molecular flexibility index (Phi) is 9.57. The van der Waals surface area contributed by atoms with Crippen molar-refractivity contribution in [2.24, 2.45) is 0 Å². The summed E-state index contributed by atoms with van der Waals surface area (Å²) in [5, 5.41) is 2.48. The first-order chi connectivity index (χ1) is 30.8. The highest BCUT2D eigenvalue weighted by Crippen LogP contribution is 2.48. The molecule has 2 nitrogen and oxygen atoms in total. The first kappa shape index (κ1) is 36.8. The number of anilines is 3. The van der Waals surface area contributed by atoms with Crippen LogP contribution < -0.4 is 4.90 Å². The van der Waals surface area contributed by atoms with Gasteiger partial charge in [0.15, 0.2) is 0 Å².